The average Bonchev–Trinajstić information content (AvgIpc) is 3.30. The van der Waals surface area contributed by atoms with Crippen LogP contribution in [0.5, 0.6) is 0 Å². The molecule has 3 rings (SSSR count). The number of nitrogens with zero attached hydrogens (tertiary/aromatic N) is 2. The molecule has 2 aromatic rings. The predicted octanol–water partition coefficient (Wildman–Crippen LogP) is 4.41. The van der Waals surface area contributed by atoms with Gasteiger partial charge in [0, 0.05) is 33.9 Å². The highest BCUT2D eigenvalue weighted by atomic mass is 79.9. The number of hydrogen-bond donors (Lipinski definition) is 0. The molecule has 1 heterocycles. The maximum atomic E-state index is 12.8. The summed E-state index contributed by atoms with van der Waals surface area (Å²) in [6, 6.07) is 9.92. The fourth-order valence-electron chi connectivity index (χ4n) is 2.26. The molecule has 0 radical (unpaired) electrons. The molecule has 5 heteroatoms. The van der Waals surface area contributed by atoms with Gasteiger partial charge in [-0.3, -0.25) is 9.78 Å². The maximum absolute atomic E-state index is 12.8. The first-order valence-electron chi connectivity index (χ1n) is 6.80. The van der Waals surface area contributed by atoms with E-state index < -0.39 is 0 Å². The Morgan fingerprint density at radius 3 is 2.71 bits per heavy atom. The Balaban J connectivity index is 1.85. The van der Waals surface area contributed by atoms with Crippen molar-refractivity contribution >= 4 is 37.8 Å². The molecule has 1 aliphatic carbocycles. The standard InChI is InChI=1S/C16H14Br2N2O/c17-12-3-6-14(15(18)8-12)16(21)20(13-4-5-13)10-11-2-1-7-19-9-11/h1-3,6-9,13H,4-5,10H2. The predicted molar refractivity (Wildman–Crippen MR) is 89.0 cm³/mol. The third-order valence-corrected chi connectivity index (χ3v) is 4.64. The van der Waals surface area contributed by atoms with Gasteiger partial charge in [-0.1, -0.05) is 22.0 Å². The Labute approximate surface area is 140 Å². The van der Waals surface area contributed by atoms with Gasteiger partial charge >= 0.3 is 0 Å². The zero-order valence-electron chi connectivity index (χ0n) is 11.3. The normalized spacial score (nSPS) is 14.0. The Morgan fingerprint density at radius 1 is 1.29 bits per heavy atom. The van der Waals surface area contributed by atoms with Crippen molar-refractivity contribution in [2.24, 2.45) is 0 Å². The number of amides is 1. The number of benzene rings is 1. The van der Waals surface area contributed by atoms with Crippen LogP contribution < -0.4 is 0 Å². The second-order valence-corrected chi connectivity index (χ2v) is 6.92. The number of pyridine rings is 1. The number of carbonyl (C=O) groups excluding carboxylic acids is 1. The zero-order valence-corrected chi connectivity index (χ0v) is 14.5. The third-order valence-electron chi connectivity index (χ3n) is 3.49. The molecular formula is C16H14Br2N2O. The first-order chi connectivity index (χ1) is 10.1. The lowest BCUT2D eigenvalue weighted by Gasteiger charge is -2.23. The Kier molecular flexibility index (Phi) is 4.40. The molecule has 21 heavy (non-hydrogen) atoms. The Bertz CT molecular complexity index is 657. The second-order valence-electron chi connectivity index (χ2n) is 5.15. The van der Waals surface area contributed by atoms with E-state index in [0.29, 0.717) is 18.2 Å². The van der Waals surface area contributed by atoms with Gasteiger partial charge in [0.15, 0.2) is 0 Å². The number of hydrogen-bond acceptors (Lipinski definition) is 2. The summed E-state index contributed by atoms with van der Waals surface area (Å²) in [5.74, 6) is 0.0701. The number of aromatic nitrogens is 1. The summed E-state index contributed by atoms with van der Waals surface area (Å²) < 4.78 is 1.77. The van der Waals surface area contributed by atoms with Crippen LogP contribution in [0.4, 0.5) is 0 Å². The van der Waals surface area contributed by atoms with Gasteiger partial charge in [0.2, 0.25) is 0 Å². The van der Waals surface area contributed by atoms with Crippen LogP contribution in [0.25, 0.3) is 0 Å². The van der Waals surface area contributed by atoms with Gasteiger partial charge in [0.05, 0.1) is 5.56 Å². The number of halogens is 2. The van der Waals surface area contributed by atoms with Crippen molar-refractivity contribution in [1.82, 2.24) is 9.88 Å². The fraction of sp³-hybridized carbons (Fsp3) is 0.250. The highest BCUT2D eigenvalue weighted by Gasteiger charge is 2.33. The van der Waals surface area contributed by atoms with E-state index in [2.05, 4.69) is 36.8 Å². The van der Waals surface area contributed by atoms with Crippen molar-refractivity contribution in [1.29, 1.82) is 0 Å². The quantitative estimate of drug-likeness (QED) is 0.749. The van der Waals surface area contributed by atoms with Crippen molar-refractivity contribution in [2.45, 2.75) is 25.4 Å². The topological polar surface area (TPSA) is 33.2 Å². The van der Waals surface area contributed by atoms with Crippen molar-refractivity contribution in [3.8, 4) is 0 Å². The summed E-state index contributed by atoms with van der Waals surface area (Å²) in [5, 5.41) is 0. The van der Waals surface area contributed by atoms with Crippen molar-refractivity contribution in [3.05, 3.63) is 62.8 Å². The Morgan fingerprint density at radius 2 is 2.10 bits per heavy atom. The van der Waals surface area contributed by atoms with Crippen molar-refractivity contribution < 1.29 is 4.79 Å². The molecule has 0 atom stereocenters. The van der Waals surface area contributed by atoms with Gasteiger partial charge in [-0.2, -0.15) is 0 Å². The summed E-state index contributed by atoms with van der Waals surface area (Å²) in [6.07, 6.45) is 5.73. The van der Waals surface area contributed by atoms with E-state index in [1.807, 2.05) is 41.4 Å². The molecule has 0 N–H and O–H groups in total. The van der Waals surface area contributed by atoms with Gasteiger partial charge in [-0.05, 0) is 58.6 Å². The summed E-state index contributed by atoms with van der Waals surface area (Å²) in [7, 11) is 0. The van der Waals surface area contributed by atoms with Gasteiger partial charge in [0.1, 0.15) is 0 Å². The molecule has 108 valence electrons. The summed E-state index contributed by atoms with van der Waals surface area (Å²) in [6.45, 7) is 0.611. The lowest BCUT2D eigenvalue weighted by atomic mass is 10.1. The molecule has 1 aromatic heterocycles. The van der Waals surface area contributed by atoms with Crippen molar-refractivity contribution in [3.63, 3.8) is 0 Å². The lowest BCUT2D eigenvalue weighted by molar-refractivity contribution is 0.0729. The third kappa shape index (κ3) is 3.52. The smallest absolute Gasteiger partial charge is 0.255 e. The SMILES string of the molecule is O=C(c1ccc(Br)cc1Br)N(Cc1cccnc1)C1CC1. The van der Waals surface area contributed by atoms with Gasteiger partial charge < -0.3 is 4.90 Å². The van der Waals surface area contributed by atoms with Gasteiger partial charge in [-0.15, -0.1) is 0 Å². The summed E-state index contributed by atoms with van der Waals surface area (Å²) >= 11 is 6.90. The minimum atomic E-state index is 0.0701. The minimum absolute atomic E-state index is 0.0701. The second kappa shape index (κ2) is 6.28. The lowest BCUT2D eigenvalue weighted by Crippen LogP contribution is -2.32. The van der Waals surface area contributed by atoms with Gasteiger partial charge in [0.25, 0.3) is 5.91 Å². The molecule has 0 aliphatic heterocycles. The largest absolute Gasteiger partial charge is 0.331 e. The summed E-state index contributed by atoms with van der Waals surface area (Å²) in [4.78, 5) is 18.9. The zero-order chi connectivity index (χ0) is 14.8. The van der Waals surface area contributed by atoms with Crippen LogP contribution >= 0.6 is 31.9 Å². The highest BCUT2D eigenvalue weighted by Crippen LogP contribution is 2.31. The average molecular weight is 410 g/mol. The first kappa shape index (κ1) is 14.7. The van der Waals surface area contributed by atoms with E-state index in [4.69, 9.17) is 0 Å². The molecule has 1 saturated carbocycles. The molecule has 0 spiro atoms. The number of rotatable bonds is 4. The van der Waals surface area contributed by atoms with E-state index in [-0.39, 0.29) is 5.91 Å². The molecule has 0 bridgehead atoms. The molecule has 1 aromatic carbocycles. The number of carbonyl (C=O) groups is 1. The van der Waals surface area contributed by atoms with Gasteiger partial charge in [-0.25, -0.2) is 0 Å². The monoisotopic (exact) mass is 408 g/mol. The minimum Gasteiger partial charge on any atom is -0.331 e. The molecule has 1 aliphatic rings. The van der Waals surface area contributed by atoms with Crippen LogP contribution in [0.15, 0.2) is 51.7 Å². The van der Waals surface area contributed by atoms with Crippen LogP contribution in [0, 0.1) is 0 Å². The van der Waals surface area contributed by atoms with Crippen LogP contribution in [-0.2, 0) is 6.54 Å². The van der Waals surface area contributed by atoms with E-state index in [9.17, 15) is 4.79 Å². The van der Waals surface area contributed by atoms with E-state index in [0.717, 1.165) is 27.4 Å². The highest BCUT2D eigenvalue weighted by molar-refractivity contribution is 9.11. The van der Waals surface area contributed by atoms with E-state index >= 15 is 0 Å². The van der Waals surface area contributed by atoms with Crippen molar-refractivity contribution in [2.75, 3.05) is 0 Å². The van der Waals surface area contributed by atoms with Crippen LogP contribution in [0.3, 0.4) is 0 Å². The van der Waals surface area contributed by atoms with Crippen LogP contribution in [0.1, 0.15) is 28.8 Å². The van der Waals surface area contributed by atoms with Crippen LogP contribution in [-0.4, -0.2) is 21.8 Å². The molecule has 1 fully saturated rings. The summed E-state index contributed by atoms with van der Waals surface area (Å²) in [5.41, 5.74) is 1.76. The first-order valence-corrected chi connectivity index (χ1v) is 8.38. The molecule has 1 amide bonds. The molecule has 3 nitrogen and oxygen atoms in total. The Hall–Kier alpha value is -1.20. The van der Waals surface area contributed by atoms with Crippen LogP contribution in [0.2, 0.25) is 0 Å². The van der Waals surface area contributed by atoms with E-state index in [1.165, 1.54) is 0 Å². The van der Waals surface area contributed by atoms with E-state index in [1.54, 1.807) is 6.20 Å². The maximum Gasteiger partial charge on any atom is 0.255 e. The molecule has 0 saturated heterocycles. The molecule has 0 unspecified atom stereocenters. The fourth-order valence-corrected chi connectivity index (χ4v) is 3.48. The molecular weight excluding hydrogens is 396 g/mol.